The Hall–Kier alpha value is -3.87. The highest BCUT2D eigenvalue weighted by Gasteiger charge is 2.35. The first kappa shape index (κ1) is 29.2. The van der Waals surface area contributed by atoms with Gasteiger partial charge in [0.1, 0.15) is 11.6 Å². The smallest absolute Gasteiger partial charge is 0.320 e. The van der Waals surface area contributed by atoms with E-state index in [0.29, 0.717) is 77.8 Å². The first-order valence-corrected chi connectivity index (χ1v) is 14.7. The number of piperazine rings is 1. The number of anilines is 1. The van der Waals surface area contributed by atoms with Crippen molar-refractivity contribution in [2.75, 3.05) is 57.9 Å². The van der Waals surface area contributed by atoms with E-state index in [4.69, 9.17) is 36.0 Å². The zero-order valence-corrected chi connectivity index (χ0v) is 25.1. The number of methoxy groups -OCH3 is 1. The van der Waals surface area contributed by atoms with E-state index in [1.54, 1.807) is 24.3 Å². The minimum absolute atomic E-state index is 0.0371. The first-order chi connectivity index (χ1) is 20.8. The summed E-state index contributed by atoms with van der Waals surface area (Å²) < 4.78 is 26.7. The quantitative estimate of drug-likeness (QED) is 0.297. The Morgan fingerprint density at radius 1 is 1.19 bits per heavy atom. The second-order valence-electron chi connectivity index (χ2n) is 11.2. The molecule has 226 valence electrons. The zero-order valence-electron chi connectivity index (χ0n) is 24.4. The highest BCUT2D eigenvalue weighted by atomic mass is 35.5. The van der Waals surface area contributed by atoms with E-state index in [1.807, 2.05) is 6.07 Å². The number of fused-ring (bicyclic) bond motifs is 2. The maximum absolute atomic E-state index is 14.8. The van der Waals surface area contributed by atoms with Crippen molar-refractivity contribution in [2.45, 2.75) is 26.0 Å². The van der Waals surface area contributed by atoms with Crippen LogP contribution in [0.4, 0.5) is 10.2 Å². The number of benzene rings is 1. The van der Waals surface area contributed by atoms with Gasteiger partial charge in [0.25, 0.3) is 0 Å². The molecule has 1 N–H and O–H groups in total. The van der Waals surface area contributed by atoms with Gasteiger partial charge >= 0.3 is 6.01 Å². The largest absolute Gasteiger partial charge is 0.463 e. The van der Waals surface area contributed by atoms with Gasteiger partial charge in [-0.15, -0.1) is 0 Å². The SMILES string of the molecule is C=CC(=O)N1CCN(c2nc(OCC3CN(C(C)C)C[C@H]3OC)nc3nc(-c4c(Cl)c(F)cc5[nH]ncc45)ccc23)CC1. The predicted octanol–water partition coefficient (Wildman–Crippen LogP) is 3.93. The van der Waals surface area contributed by atoms with Crippen molar-refractivity contribution in [3.8, 4) is 17.3 Å². The van der Waals surface area contributed by atoms with Crippen molar-refractivity contribution >= 4 is 45.3 Å². The van der Waals surface area contributed by atoms with Gasteiger partial charge in [-0.1, -0.05) is 18.2 Å². The Morgan fingerprint density at radius 3 is 2.70 bits per heavy atom. The molecule has 6 rings (SSSR count). The van der Waals surface area contributed by atoms with Crippen molar-refractivity contribution in [3.05, 3.63) is 47.9 Å². The lowest BCUT2D eigenvalue weighted by molar-refractivity contribution is -0.126. The summed E-state index contributed by atoms with van der Waals surface area (Å²) in [4.78, 5) is 32.8. The third-order valence-corrected chi connectivity index (χ3v) is 8.72. The Balaban J connectivity index is 1.37. The van der Waals surface area contributed by atoms with Crippen molar-refractivity contribution in [1.29, 1.82) is 0 Å². The molecular formula is C30H34ClFN8O3. The molecule has 2 aliphatic heterocycles. The molecule has 2 saturated heterocycles. The number of carbonyl (C=O) groups is 1. The average Bonchev–Trinajstić information content (AvgIpc) is 3.66. The van der Waals surface area contributed by atoms with Crippen LogP contribution in [-0.4, -0.2) is 106 Å². The van der Waals surface area contributed by atoms with Gasteiger partial charge in [-0.3, -0.25) is 14.8 Å². The van der Waals surface area contributed by atoms with Crippen LogP contribution < -0.4 is 9.64 Å². The number of H-pyrrole nitrogens is 1. The zero-order chi connectivity index (χ0) is 30.2. The van der Waals surface area contributed by atoms with E-state index in [0.717, 1.165) is 13.1 Å². The van der Waals surface area contributed by atoms with Crippen LogP contribution in [0.1, 0.15) is 13.8 Å². The van der Waals surface area contributed by atoms with Crippen LogP contribution in [0.25, 0.3) is 33.2 Å². The van der Waals surface area contributed by atoms with E-state index in [2.05, 4.69) is 40.4 Å². The maximum Gasteiger partial charge on any atom is 0.320 e. The summed E-state index contributed by atoms with van der Waals surface area (Å²) >= 11 is 6.46. The maximum atomic E-state index is 14.8. The monoisotopic (exact) mass is 608 g/mol. The Labute approximate surface area is 253 Å². The second kappa shape index (κ2) is 12.0. The number of pyridine rings is 1. The fourth-order valence-electron chi connectivity index (χ4n) is 5.87. The highest BCUT2D eigenvalue weighted by molar-refractivity contribution is 6.35. The topological polar surface area (TPSA) is 113 Å². The number of hydrogen-bond donors (Lipinski definition) is 1. The van der Waals surface area contributed by atoms with E-state index in [9.17, 15) is 9.18 Å². The Kier molecular flexibility index (Phi) is 8.17. The van der Waals surface area contributed by atoms with Crippen molar-refractivity contribution < 1.29 is 18.7 Å². The van der Waals surface area contributed by atoms with Gasteiger partial charge < -0.3 is 19.3 Å². The number of amides is 1. The van der Waals surface area contributed by atoms with Crippen LogP contribution in [0, 0.1) is 11.7 Å². The predicted molar refractivity (Wildman–Crippen MR) is 163 cm³/mol. The number of nitrogens with one attached hydrogen (secondary N) is 1. The number of carbonyl (C=O) groups excluding carboxylic acids is 1. The van der Waals surface area contributed by atoms with E-state index in [1.165, 1.54) is 12.1 Å². The van der Waals surface area contributed by atoms with E-state index < -0.39 is 5.82 Å². The molecular weight excluding hydrogens is 575 g/mol. The molecule has 0 aliphatic carbocycles. The normalized spacial score (nSPS) is 19.6. The second-order valence-corrected chi connectivity index (χ2v) is 11.6. The number of nitrogens with zero attached hydrogens (tertiary/aromatic N) is 7. The van der Waals surface area contributed by atoms with Gasteiger partial charge in [0, 0.05) is 75.4 Å². The van der Waals surface area contributed by atoms with Crippen molar-refractivity contribution in [2.24, 2.45) is 5.92 Å². The summed E-state index contributed by atoms with van der Waals surface area (Å²) in [5.74, 6) is 0.125. The summed E-state index contributed by atoms with van der Waals surface area (Å²) in [5.41, 5.74) is 1.77. The van der Waals surface area contributed by atoms with E-state index >= 15 is 0 Å². The molecule has 0 radical (unpaired) electrons. The van der Waals surface area contributed by atoms with Crippen LogP contribution in [0.2, 0.25) is 5.02 Å². The summed E-state index contributed by atoms with van der Waals surface area (Å²) in [6.07, 6.45) is 2.97. The molecule has 1 amide bonds. The van der Waals surface area contributed by atoms with Gasteiger partial charge in [-0.05, 0) is 32.1 Å². The number of aromatic amines is 1. The lowest BCUT2D eigenvalue weighted by atomic mass is 10.1. The molecule has 1 unspecified atom stereocenters. The summed E-state index contributed by atoms with van der Waals surface area (Å²) in [6, 6.07) is 5.55. The number of halogens is 2. The summed E-state index contributed by atoms with van der Waals surface area (Å²) in [6.45, 7) is 12.2. The Morgan fingerprint density at radius 2 is 1.98 bits per heavy atom. The van der Waals surface area contributed by atoms with Crippen LogP contribution in [-0.2, 0) is 9.53 Å². The fraction of sp³-hybridized carbons (Fsp3) is 0.433. The molecule has 11 nitrogen and oxygen atoms in total. The molecule has 0 bridgehead atoms. The van der Waals surface area contributed by atoms with Gasteiger partial charge in [0.2, 0.25) is 5.91 Å². The van der Waals surface area contributed by atoms with Crippen molar-refractivity contribution in [1.82, 2.24) is 34.9 Å². The minimum atomic E-state index is -0.575. The van der Waals surface area contributed by atoms with Gasteiger partial charge in [0.15, 0.2) is 5.65 Å². The molecule has 2 fully saturated rings. The molecule has 2 atom stereocenters. The minimum Gasteiger partial charge on any atom is -0.463 e. The highest BCUT2D eigenvalue weighted by Crippen LogP contribution is 2.37. The van der Waals surface area contributed by atoms with Crippen molar-refractivity contribution in [3.63, 3.8) is 0 Å². The molecule has 2 aliphatic rings. The van der Waals surface area contributed by atoms with Gasteiger partial charge in [-0.2, -0.15) is 15.1 Å². The number of rotatable bonds is 8. The summed E-state index contributed by atoms with van der Waals surface area (Å²) in [5, 5.41) is 8.16. The molecule has 43 heavy (non-hydrogen) atoms. The molecule has 13 heteroatoms. The lowest BCUT2D eigenvalue weighted by Crippen LogP contribution is -2.48. The molecule has 4 aromatic rings. The van der Waals surface area contributed by atoms with Crippen LogP contribution in [0.15, 0.2) is 37.1 Å². The Bertz CT molecular complexity index is 1670. The van der Waals surface area contributed by atoms with Crippen LogP contribution >= 0.6 is 11.6 Å². The third kappa shape index (κ3) is 5.62. The average molecular weight is 609 g/mol. The van der Waals surface area contributed by atoms with E-state index in [-0.39, 0.29) is 29.0 Å². The summed E-state index contributed by atoms with van der Waals surface area (Å²) in [7, 11) is 1.73. The van der Waals surface area contributed by atoms with Crippen LogP contribution in [0.3, 0.4) is 0 Å². The number of likely N-dealkylation sites (tertiary alicyclic amines) is 1. The molecule has 0 spiro atoms. The van der Waals surface area contributed by atoms with Gasteiger partial charge in [-0.25, -0.2) is 9.37 Å². The lowest BCUT2D eigenvalue weighted by Gasteiger charge is -2.35. The third-order valence-electron chi connectivity index (χ3n) is 8.35. The molecule has 0 saturated carbocycles. The number of aromatic nitrogens is 5. The van der Waals surface area contributed by atoms with Gasteiger partial charge in [0.05, 0.1) is 40.5 Å². The van der Waals surface area contributed by atoms with Crippen LogP contribution in [0.5, 0.6) is 6.01 Å². The first-order valence-electron chi connectivity index (χ1n) is 14.3. The number of hydrogen-bond acceptors (Lipinski definition) is 9. The molecule has 1 aromatic carbocycles. The molecule has 3 aromatic heterocycles. The number of ether oxygens (including phenoxy) is 2. The fourth-order valence-corrected chi connectivity index (χ4v) is 6.13. The molecule has 5 heterocycles. The standard InChI is InChI=1S/C30H34ClFN8O3/c1-5-25(41)38-8-10-39(11-9-38)29-19-6-7-22(26-20-13-33-37-23(20)12-21(32)27(26)31)34-28(19)35-30(36-29)43-16-18-14-40(17(2)3)15-24(18)42-4/h5-7,12-13,17-18,24H,1,8-11,14-16H2,2-4H3,(H,33,37)/t18?,24-/m1/s1.